The molecule has 0 aliphatic carbocycles. The lowest BCUT2D eigenvalue weighted by Crippen LogP contribution is -2.24. The van der Waals surface area contributed by atoms with Crippen LogP contribution in [0, 0.1) is 6.92 Å². The Labute approximate surface area is 177 Å². The second kappa shape index (κ2) is 8.21. The number of nitrogens with one attached hydrogen (secondary N) is 1. The topological polar surface area (TPSA) is 67.2 Å². The van der Waals surface area contributed by atoms with Crippen LogP contribution >= 0.6 is 15.9 Å². The molecule has 0 radical (unpaired) electrons. The fourth-order valence-corrected chi connectivity index (χ4v) is 3.73. The minimum atomic E-state index is -0.162. The lowest BCUT2D eigenvalue weighted by atomic mass is 10.2. The van der Waals surface area contributed by atoms with E-state index in [0.717, 1.165) is 40.1 Å². The van der Waals surface area contributed by atoms with Crippen LogP contribution in [-0.4, -0.2) is 28.1 Å². The van der Waals surface area contributed by atoms with Crippen LogP contribution in [0.2, 0.25) is 0 Å². The Morgan fingerprint density at radius 2 is 1.79 bits per heavy atom. The zero-order chi connectivity index (χ0) is 20.4. The number of nitrogens with zero attached hydrogens (tertiary/aromatic N) is 3. The van der Waals surface area contributed by atoms with Gasteiger partial charge in [-0.05, 0) is 55.3 Å². The van der Waals surface area contributed by atoms with Crippen molar-refractivity contribution in [2.45, 2.75) is 26.3 Å². The second-order valence-corrected chi connectivity index (χ2v) is 7.95. The molecule has 1 saturated heterocycles. The highest BCUT2D eigenvalue weighted by Gasteiger charge is 2.21. The van der Waals surface area contributed by atoms with Gasteiger partial charge in [-0.1, -0.05) is 28.1 Å². The number of amides is 2. The van der Waals surface area contributed by atoms with E-state index in [-0.39, 0.29) is 11.8 Å². The van der Waals surface area contributed by atoms with E-state index >= 15 is 0 Å². The normalized spacial score (nSPS) is 13.7. The lowest BCUT2D eigenvalue weighted by Gasteiger charge is -2.16. The summed E-state index contributed by atoms with van der Waals surface area (Å²) in [6.45, 7) is 3.07. The third kappa shape index (κ3) is 4.10. The number of hydrogen-bond donors (Lipinski definition) is 1. The molecule has 0 bridgehead atoms. The molecule has 1 aromatic heterocycles. The summed E-state index contributed by atoms with van der Waals surface area (Å²) in [6, 6.07) is 15.5. The van der Waals surface area contributed by atoms with Gasteiger partial charge in [0.15, 0.2) is 0 Å². The van der Waals surface area contributed by atoms with Gasteiger partial charge in [0.05, 0.1) is 23.1 Å². The number of benzene rings is 2. The molecule has 1 fully saturated rings. The zero-order valence-electron chi connectivity index (χ0n) is 16.1. The highest BCUT2D eigenvalue weighted by atomic mass is 79.9. The monoisotopic (exact) mass is 452 g/mol. The van der Waals surface area contributed by atoms with Gasteiger partial charge in [-0.25, -0.2) is 4.68 Å². The summed E-state index contributed by atoms with van der Waals surface area (Å²) >= 11 is 3.42. The van der Waals surface area contributed by atoms with Crippen LogP contribution in [-0.2, 0) is 11.3 Å². The van der Waals surface area contributed by atoms with Crippen molar-refractivity contribution in [2.24, 2.45) is 0 Å². The van der Waals surface area contributed by atoms with Gasteiger partial charge in [-0.3, -0.25) is 9.59 Å². The van der Waals surface area contributed by atoms with E-state index in [0.29, 0.717) is 18.5 Å². The van der Waals surface area contributed by atoms with Gasteiger partial charge in [0.25, 0.3) is 5.91 Å². The Morgan fingerprint density at radius 3 is 2.45 bits per heavy atom. The van der Waals surface area contributed by atoms with Gasteiger partial charge in [0.1, 0.15) is 0 Å². The molecule has 29 heavy (non-hydrogen) atoms. The van der Waals surface area contributed by atoms with Crippen molar-refractivity contribution in [2.75, 3.05) is 11.4 Å². The molecule has 2 heterocycles. The molecule has 1 aliphatic rings. The number of hydrogen-bond acceptors (Lipinski definition) is 3. The maximum atomic E-state index is 12.6. The Kier molecular flexibility index (Phi) is 5.49. The molecule has 0 saturated carbocycles. The van der Waals surface area contributed by atoms with Crippen LogP contribution < -0.4 is 10.2 Å². The molecule has 2 aromatic carbocycles. The summed E-state index contributed by atoms with van der Waals surface area (Å²) in [5, 5.41) is 7.31. The SMILES string of the molecule is Cc1c(C(=O)NCc2ccc(N3CCCC3=O)cc2)cnn1-c1ccc(Br)cc1. The molecular weight excluding hydrogens is 432 g/mol. The van der Waals surface area contributed by atoms with E-state index in [9.17, 15) is 9.59 Å². The van der Waals surface area contributed by atoms with Gasteiger partial charge in [-0.15, -0.1) is 0 Å². The van der Waals surface area contributed by atoms with Crippen LogP contribution in [0.25, 0.3) is 5.69 Å². The summed E-state index contributed by atoms with van der Waals surface area (Å²) in [5.41, 5.74) is 4.12. The third-order valence-electron chi connectivity index (χ3n) is 5.10. The van der Waals surface area contributed by atoms with Gasteiger partial charge in [0, 0.05) is 29.7 Å². The molecule has 0 atom stereocenters. The predicted molar refractivity (Wildman–Crippen MR) is 115 cm³/mol. The summed E-state index contributed by atoms with van der Waals surface area (Å²) < 4.78 is 2.74. The zero-order valence-corrected chi connectivity index (χ0v) is 17.6. The molecular formula is C22H21BrN4O2. The lowest BCUT2D eigenvalue weighted by molar-refractivity contribution is -0.117. The van der Waals surface area contributed by atoms with Gasteiger partial charge >= 0.3 is 0 Å². The fourth-order valence-electron chi connectivity index (χ4n) is 3.47. The smallest absolute Gasteiger partial charge is 0.255 e. The van der Waals surface area contributed by atoms with Crippen molar-refractivity contribution >= 4 is 33.4 Å². The van der Waals surface area contributed by atoms with E-state index in [2.05, 4.69) is 26.3 Å². The van der Waals surface area contributed by atoms with Gasteiger partial charge in [-0.2, -0.15) is 5.10 Å². The van der Waals surface area contributed by atoms with E-state index < -0.39 is 0 Å². The number of aromatic nitrogens is 2. The van der Waals surface area contributed by atoms with E-state index in [1.807, 2.05) is 60.4 Å². The van der Waals surface area contributed by atoms with Crippen LogP contribution in [0.4, 0.5) is 5.69 Å². The Balaban J connectivity index is 1.41. The molecule has 3 aromatic rings. The number of carbonyl (C=O) groups excluding carboxylic acids is 2. The average Bonchev–Trinajstić information content (AvgIpc) is 3.33. The first kappa shape index (κ1) is 19.4. The predicted octanol–water partition coefficient (Wildman–Crippen LogP) is 4.00. The highest BCUT2D eigenvalue weighted by Crippen LogP contribution is 2.22. The van der Waals surface area contributed by atoms with Crippen molar-refractivity contribution in [3.63, 3.8) is 0 Å². The van der Waals surface area contributed by atoms with E-state index in [1.165, 1.54) is 0 Å². The van der Waals surface area contributed by atoms with E-state index in [4.69, 9.17) is 0 Å². The van der Waals surface area contributed by atoms with Crippen molar-refractivity contribution < 1.29 is 9.59 Å². The molecule has 0 unspecified atom stereocenters. The first-order valence-corrected chi connectivity index (χ1v) is 10.3. The average molecular weight is 453 g/mol. The summed E-state index contributed by atoms with van der Waals surface area (Å²) in [5.74, 6) is 0.00831. The number of anilines is 1. The van der Waals surface area contributed by atoms with Crippen molar-refractivity contribution in [3.8, 4) is 5.69 Å². The van der Waals surface area contributed by atoms with Gasteiger partial charge < -0.3 is 10.2 Å². The maximum absolute atomic E-state index is 12.6. The van der Waals surface area contributed by atoms with Crippen LogP contribution in [0.5, 0.6) is 0 Å². The first-order valence-electron chi connectivity index (χ1n) is 9.51. The summed E-state index contributed by atoms with van der Waals surface area (Å²) in [6.07, 6.45) is 3.11. The summed E-state index contributed by atoms with van der Waals surface area (Å²) in [4.78, 5) is 26.3. The molecule has 1 aliphatic heterocycles. The summed E-state index contributed by atoms with van der Waals surface area (Å²) in [7, 11) is 0. The Hall–Kier alpha value is -2.93. The fraction of sp³-hybridized carbons (Fsp3) is 0.227. The molecule has 0 spiro atoms. The Morgan fingerprint density at radius 1 is 1.10 bits per heavy atom. The van der Waals surface area contributed by atoms with Crippen molar-refractivity contribution in [1.82, 2.24) is 15.1 Å². The molecule has 7 heteroatoms. The van der Waals surface area contributed by atoms with Crippen molar-refractivity contribution in [1.29, 1.82) is 0 Å². The van der Waals surface area contributed by atoms with Gasteiger partial charge in [0.2, 0.25) is 5.91 Å². The molecule has 148 valence electrons. The van der Waals surface area contributed by atoms with Crippen molar-refractivity contribution in [3.05, 3.63) is 76.0 Å². The minimum absolute atomic E-state index is 0.162. The van der Waals surface area contributed by atoms with E-state index in [1.54, 1.807) is 10.9 Å². The number of rotatable bonds is 5. The highest BCUT2D eigenvalue weighted by molar-refractivity contribution is 9.10. The third-order valence-corrected chi connectivity index (χ3v) is 5.63. The standard InChI is InChI=1S/C22H21BrN4O2/c1-15-20(14-25-27(15)19-10-6-17(23)7-11-19)22(29)24-13-16-4-8-18(9-5-16)26-12-2-3-21(26)28/h4-11,14H,2-3,12-13H2,1H3,(H,24,29). The number of halogens is 1. The molecule has 4 rings (SSSR count). The quantitative estimate of drug-likeness (QED) is 0.635. The largest absolute Gasteiger partial charge is 0.348 e. The molecule has 1 N–H and O–H groups in total. The van der Waals surface area contributed by atoms with Crippen LogP contribution in [0.15, 0.2) is 59.2 Å². The first-order chi connectivity index (χ1) is 14.0. The maximum Gasteiger partial charge on any atom is 0.255 e. The molecule has 2 amide bonds. The van der Waals surface area contributed by atoms with Crippen LogP contribution in [0.1, 0.15) is 34.5 Å². The number of carbonyl (C=O) groups is 2. The molecule has 6 nitrogen and oxygen atoms in total. The van der Waals surface area contributed by atoms with Crippen LogP contribution in [0.3, 0.4) is 0 Å². The minimum Gasteiger partial charge on any atom is -0.348 e. The Bertz CT molecular complexity index is 1040. The second-order valence-electron chi connectivity index (χ2n) is 7.03.